The van der Waals surface area contributed by atoms with E-state index in [0.29, 0.717) is 19.4 Å². The van der Waals surface area contributed by atoms with Gasteiger partial charge in [-0.15, -0.1) is 0 Å². The number of hydrogen-bond acceptors (Lipinski definition) is 3. The Morgan fingerprint density at radius 1 is 1.33 bits per heavy atom. The van der Waals surface area contributed by atoms with E-state index in [1.54, 1.807) is 18.7 Å². The molecule has 0 heterocycles. The summed E-state index contributed by atoms with van der Waals surface area (Å²) in [5.74, 6) is 0.701. The van der Waals surface area contributed by atoms with Crippen molar-refractivity contribution in [2.45, 2.75) is 32.7 Å². The first kappa shape index (κ1) is 14.3. The third-order valence-electron chi connectivity index (χ3n) is 1.93. The van der Waals surface area contributed by atoms with Crippen LogP contribution < -0.4 is 10.6 Å². The Morgan fingerprint density at radius 2 is 2.00 bits per heavy atom. The van der Waals surface area contributed by atoms with Crippen molar-refractivity contribution in [3.63, 3.8) is 0 Å². The van der Waals surface area contributed by atoms with Crippen molar-refractivity contribution in [1.82, 2.24) is 10.6 Å². The van der Waals surface area contributed by atoms with Crippen molar-refractivity contribution in [2.75, 3.05) is 18.6 Å². The molecular formula is C10H20N2O2S. The van der Waals surface area contributed by atoms with Gasteiger partial charge in [-0.05, 0) is 25.4 Å². The summed E-state index contributed by atoms with van der Waals surface area (Å²) in [7, 11) is 0. The molecule has 0 aliphatic carbocycles. The second-order valence-electron chi connectivity index (χ2n) is 3.15. The van der Waals surface area contributed by atoms with Gasteiger partial charge < -0.3 is 10.6 Å². The van der Waals surface area contributed by atoms with E-state index in [9.17, 15) is 9.59 Å². The van der Waals surface area contributed by atoms with Gasteiger partial charge in [0.25, 0.3) is 0 Å². The molecule has 88 valence electrons. The second-order valence-corrected chi connectivity index (χ2v) is 4.14. The van der Waals surface area contributed by atoms with Gasteiger partial charge in [0.05, 0.1) is 0 Å². The van der Waals surface area contributed by atoms with Crippen LogP contribution >= 0.6 is 11.8 Å². The average Bonchev–Trinajstić information content (AvgIpc) is 2.24. The van der Waals surface area contributed by atoms with Crippen LogP contribution in [0.25, 0.3) is 0 Å². The summed E-state index contributed by atoms with van der Waals surface area (Å²) in [4.78, 5) is 22.8. The fourth-order valence-corrected chi connectivity index (χ4v) is 1.57. The molecule has 0 saturated heterocycles. The van der Waals surface area contributed by atoms with Crippen LogP contribution in [0.15, 0.2) is 0 Å². The van der Waals surface area contributed by atoms with E-state index < -0.39 is 0 Å². The average molecular weight is 232 g/mol. The van der Waals surface area contributed by atoms with Gasteiger partial charge in [-0.3, -0.25) is 9.59 Å². The van der Waals surface area contributed by atoms with Crippen LogP contribution in [0.5, 0.6) is 0 Å². The number of amides is 2. The zero-order chi connectivity index (χ0) is 11.7. The predicted octanol–water partition coefficient (Wildman–Crippen LogP) is 0.770. The van der Waals surface area contributed by atoms with E-state index >= 15 is 0 Å². The largest absolute Gasteiger partial charge is 0.355 e. The number of hydrogen-bond donors (Lipinski definition) is 2. The molecule has 0 spiro atoms. The zero-order valence-corrected chi connectivity index (χ0v) is 10.4. The topological polar surface area (TPSA) is 58.2 Å². The second kappa shape index (κ2) is 8.59. The van der Waals surface area contributed by atoms with Gasteiger partial charge in [0.15, 0.2) is 0 Å². The number of rotatable bonds is 7. The molecule has 15 heavy (non-hydrogen) atoms. The zero-order valence-electron chi connectivity index (χ0n) is 9.63. The van der Waals surface area contributed by atoms with Crippen LogP contribution in [-0.2, 0) is 9.59 Å². The van der Waals surface area contributed by atoms with E-state index in [1.807, 2.05) is 13.2 Å². The maximum Gasteiger partial charge on any atom is 0.242 e. The summed E-state index contributed by atoms with van der Waals surface area (Å²) < 4.78 is 0. The molecule has 0 fully saturated rings. The van der Waals surface area contributed by atoms with Crippen LogP contribution in [0.3, 0.4) is 0 Å². The summed E-state index contributed by atoms with van der Waals surface area (Å²) in [5.41, 5.74) is 0. The molecule has 0 bridgehead atoms. The molecule has 0 aromatic rings. The van der Waals surface area contributed by atoms with E-state index in [4.69, 9.17) is 0 Å². The molecule has 1 unspecified atom stereocenters. The number of likely N-dealkylation sites (N-methyl/N-ethyl adjacent to an activating group) is 1. The first-order valence-corrected chi connectivity index (χ1v) is 6.61. The highest BCUT2D eigenvalue weighted by Gasteiger charge is 2.18. The normalized spacial score (nSPS) is 11.9. The minimum absolute atomic E-state index is 0.0765. The fourth-order valence-electron chi connectivity index (χ4n) is 1.10. The van der Waals surface area contributed by atoms with Gasteiger partial charge in [-0.2, -0.15) is 11.8 Å². The Labute approximate surface area is 95.6 Å². The molecular weight excluding hydrogens is 212 g/mol. The molecule has 2 amide bonds. The summed E-state index contributed by atoms with van der Waals surface area (Å²) in [6.07, 6.45) is 3.07. The smallest absolute Gasteiger partial charge is 0.242 e. The van der Waals surface area contributed by atoms with E-state index in [-0.39, 0.29) is 17.9 Å². The minimum Gasteiger partial charge on any atom is -0.355 e. The Morgan fingerprint density at radius 3 is 2.47 bits per heavy atom. The van der Waals surface area contributed by atoms with Crippen molar-refractivity contribution in [2.24, 2.45) is 0 Å². The summed E-state index contributed by atoms with van der Waals surface area (Å²) in [6, 6.07) is -0.384. The van der Waals surface area contributed by atoms with Crippen LogP contribution in [0.4, 0.5) is 0 Å². The van der Waals surface area contributed by atoms with E-state index in [2.05, 4.69) is 10.6 Å². The molecule has 1 atom stereocenters. The summed E-state index contributed by atoms with van der Waals surface area (Å²) >= 11 is 1.67. The molecule has 0 radical (unpaired) electrons. The number of nitrogens with one attached hydrogen (secondary N) is 2. The Kier molecular flexibility index (Phi) is 8.18. The van der Waals surface area contributed by atoms with Crippen molar-refractivity contribution < 1.29 is 9.59 Å². The van der Waals surface area contributed by atoms with E-state index in [0.717, 1.165) is 5.75 Å². The molecule has 4 nitrogen and oxygen atoms in total. The Bertz CT molecular complexity index is 210. The minimum atomic E-state index is -0.384. The maximum absolute atomic E-state index is 11.6. The van der Waals surface area contributed by atoms with Crippen molar-refractivity contribution >= 4 is 23.6 Å². The Balaban J connectivity index is 4.16. The molecule has 0 aliphatic heterocycles. The Hall–Kier alpha value is -0.710. The third-order valence-corrected chi connectivity index (χ3v) is 2.58. The quantitative estimate of drug-likeness (QED) is 0.681. The molecule has 0 saturated carbocycles. The molecule has 0 aliphatic rings. The van der Waals surface area contributed by atoms with Crippen LogP contribution in [0, 0.1) is 0 Å². The molecule has 5 heteroatoms. The SMILES string of the molecule is CCNC(=O)C(CCSC)NC(=O)CC. The lowest BCUT2D eigenvalue weighted by Gasteiger charge is -2.17. The fraction of sp³-hybridized carbons (Fsp3) is 0.800. The van der Waals surface area contributed by atoms with Gasteiger partial charge in [-0.1, -0.05) is 6.92 Å². The first-order valence-electron chi connectivity index (χ1n) is 5.21. The van der Waals surface area contributed by atoms with Crippen molar-refractivity contribution in [3.05, 3.63) is 0 Å². The first-order chi connectivity index (χ1) is 7.15. The highest BCUT2D eigenvalue weighted by molar-refractivity contribution is 7.98. The summed E-state index contributed by atoms with van der Waals surface area (Å²) in [6.45, 7) is 4.24. The highest BCUT2D eigenvalue weighted by Crippen LogP contribution is 2.01. The predicted molar refractivity (Wildman–Crippen MR) is 63.9 cm³/mol. The maximum atomic E-state index is 11.6. The van der Waals surface area contributed by atoms with Crippen LogP contribution in [0.1, 0.15) is 26.7 Å². The van der Waals surface area contributed by atoms with Crippen LogP contribution in [0.2, 0.25) is 0 Å². The van der Waals surface area contributed by atoms with E-state index in [1.165, 1.54) is 0 Å². The third kappa shape index (κ3) is 6.38. The number of carbonyl (C=O) groups is 2. The number of carbonyl (C=O) groups excluding carboxylic acids is 2. The van der Waals surface area contributed by atoms with Crippen molar-refractivity contribution in [1.29, 1.82) is 0 Å². The van der Waals surface area contributed by atoms with Gasteiger partial charge in [0, 0.05) is 13.0 Å². The van der Waals surface area contributed by atoms with Crippen molar-refractivity contribution in [3.8, 4) is 0 Å². The molecule has 0 aromatic heterocycles. The molecule has 2 N–H and O–H groups in total. The monoisotopic (exact) mass is 232 g/mol. The lowest BCUT2D eigenvalue weighted by molar-refractivity contribution is -0.128. The lowest BCUT2D eigenvalue weighted by Crippen LogP contribution is -2.46. The lowest BCUT2D eigenvalue weighted by atomic mass is 10.2. The van der Waals surface area contributed by atoms with Crippen LogP contribution in [-0.4, -0.2) is 36.4 Å². The number of thioether (sulfide) groups is 1. The van der Waals surface area contributed by atoms with Gasteiger partial charge in [-0.25, -0.2) is 0 Å². The summed E-state index contributed by atoms with van der Waals surface area (Å²) in [5, 5.41) is 5.44. The molecule has 0 aromatic carbocycles. The highest BCUT2D eigenvalue weighted by atomic mass is 32.2. The van der Waals surface area contributed by atoms with Gasteiger partial charge >= 0.3 is 0 Å². The van der Waals surface area contributed by atoms with Gasteiger partial charge in [0.2, 0.25) is 11.8 Å². The van der Waals surface area contributed by atoms with Gasteiger partial charge in [0.1, 0.15) is 6.04 Å². The molecule has 0 rings (SSSR count). The standard InChI is InChI=1S/C10H20N2O2S/c1-4-9(13)12-8(6-7-15-3)10(14)11-5-2/h8H,4-7H2,1-3H3,(H,11,14)(H,12,13).